The summed E-state index contributed by atoms with van der Waals surface area (Å²) >= 11 is 0. The number of benzene rings is 2. The van der Waals surface area contributed by atoms with E-state index in [1.165, 1.54) is 36.7 Å². The van der Waals surface area contributed by atoms with E-state index in [4.69, 9.17) is 9.47 Å². The van der Waals surface area contributed by atoms with E-state index in [0.717, 1.165) is 11.1 Å². The summed E-state index contributed by atoms with van der Waals surface area (Å²) in [5.41, 5.74) is 2.18. The monoisotopic (exact) mass is 440 g/mol. The van der Waals surface area contributed by atoms with E-state index in [1.54, 1.807) is 19.1 Å². The smallest absolute Gasteiger partial charge is 0.262 e. The predicted molar refractivity (Wildman–Crippen MR) is 110 cm³/mol. The van der Waals surface area contributed by atoms with Crippen molar-refractivity contribution in [1.82, 2.24) is 4.31 Å². The molecule has 2 aromatic carbocycles. The molecule has 0 aromatic heterocycles. The first-order chi connectivity index (χ1) is 13.7. The molecule has 10 heteroatoms. The lowest BCUT2D eigenvalue weighted by atomic mass is 10.0. The summed E-state index contributed by atoms with van der Waals surface area (Å²) in [6.07, 6.45) is 0.595. The van der Waals surface area contributed by atoms with E-state index < -0.39 is 20.0 Å². The molecule has 1 aliphatic rings. The van der Waals surface area contributed by atoms with Crippen molar-refractivity contribution in [2.24, 2.45) is 0 Å². The number of fused-ring (bicyclic) bond motifs is 1. The van der Waals surface area contributed by atoms with Crippen molar-refractivity contribution < 1.29 is 26.3 Å². The number of ether oxygens (including phenoxy) is 2. The molecule has 0 saturated carbocycles. The van der Waals surface area contributed by atoms with Gasteiger partial charge in [-0.15, -0.1) is 0 Å². The van der Waals surface area contributed by atoms with Crippen LogP contribution < -0.4 is 14.2 Å². The molecule has 1 heterocycles. The molecule has 1 N–H and O–H groups in total. The van der Waals surface area contributed by atoms with E-state index in [1.807, 2.05) is 6.07 Å². The first-order valence-corrected chi connectivity index (χ1v) is 12.1. The molecule has 0 unspecified atom stereocenters. The molecule has 8 nitrogen and oxygen atoms in total. The standard InChI is InChI=1S/C19H24N2O6S2/c1-4-28(22,23)21-10-9-14-5-6-16(11-15(14)13-21)20-29(24,25)17-7-8-18(26-2)19(12-17)27-3/h5-8,11-12,20H,4,9-10,13H2,1-3H3. The zero-order valence-corrected chi connectivity index (χ0v) is 18.1. The first kappa shape index (κ1) is 21.4. The van der Waals surface area contributed by atoms with Crippen molar-refractivity contribution in [2.75, 3.05) is 31.2 Å². The Balaban J connectivity index is 1.87. The third-order valence-electron chi connectivity index (χ3n) is 4.86. The van der Waals surface area contributed by atoms with Crippen LogP contribution in [0.3, 0.4) is 0 Å². The molecule has 0 radical (unpaired) electrons. The molecule has 0 amide bonds. The Bertz CT molecular complexity index is 1110. The molecular formula is C19H24N2O6S2. The average Bonchev–Trinajstić information content (AvgIpc) is 2.72. The molecule has 29 heavy (non-hydrogen) atoms. The highest BCUT2D eigenvalue weighted by atomic mass is 32.2. The maximum absolute atomic E-state index is 12.8. The molecular weight excluding hydrogens is 416 g/mol. The largest absolute Gasteiger partial charge is 0.493 e. The minimum absolute atomic E-state index is 0.0306. The van der Waals surface area contributed by atoms with Crippen molar-refractivity contribution >= 4 is 25.7 Å². The number of rotatable bonds is 7. The third-order valence-corrected chi connectivity index (χ3v) is 8.07. The minimum Gasteiger partial charge on any atom is -0.493 e. The van der Waals surface area contributed by atoms with Crippen molar-refractivity contribution in [3.8, 4) is 11.5 Å². The second-order valence-corrected chi connectivity index (χ2v) is 10.5. The molecule has 0 saturated heterocycles. The molecule has 0 fully saturated rings. The molecule has 2 aromatic rings. The highest BCUT2D eigenvalue weighted by Crippen LogP contribution is 2.31. The second kappa shape index (κ2) is 8.21. The van der Waals surface area contributed by atoms with Gasteiger partial charge in [-0.05, 0) is 48.7 Å². The van der Waals surface area contributed by atoms with Gasteiger partial charge < -0.3 is 9.47 Å². The summed E-state index contributed by atoms with van der Waals surface area (Å²) in [5.74, 6) is 0.771. The van der Waals surface area contributed by atoms with Crippen molar-refractivity contribution in [2.45, 2.75) is 24.8 Å². The van der Waals surface area contributed by atoms with Crippen LogP contribution in [-0.4, -0.2) is 47.7 Å². The van der Waals surface area contributed by atoms with Gasteiger partial charge in [-0.3, -0.25) is 4.72 Å². The van der Waals surface area contributed by atoms with E-state index in [2.05, 4.69) is 4.72 Å². The highest BCUT2D eigenvalue weighted by Gasteiger charge is 2.26. The first-order valence-electron chi connectivity index (χ1n) is 9.04. The van der Waals surface area contributed by atoms with Crippen LogP contribution >= 0.6 is 0 Å². The van der Waals surface area contributed by atoms with Gasteiger partial charge in [-0.25, -0.2) is 16.8 Å². The van der Waals surface area contributed by atoms with E-state index in [9.17, 15) is 16.8 Å². The fourth-order valence-electron chi connectivity index (χ4n) is 3.21. The number of anilines is 1. The van der Waals surface area contributed by atoms with Gasteiger partial charge in [-0.2, -0.15) is 4.31 Å². The Labute approximate surface area is 171 Å². The SMILES string of the molecule is CCS(=O)(=O)N1CCc2ccc(NS(=O)(=O)c3ccc(OC)c(OC)c3)cc2C1. The molecule has 3 rings (SSSR count). The van der Waals surface area contributed by atoms with Gasteiger partial charge >= 0.3 is 0 Å². The summed E-state index contributed by atoms with van der Waals surface area (Å²) in [5, 5.41) is 0. The van der Waals surface area contributed by atoms with Crippen LogP contribution in [0.1, 0.15) is 18.1 Å². The van der Waals surface area contributed by atoms with Crippen LogP contribution in [0, 0.1) is 0 Å². The molecule has 0 aliphatic carbocycles. The summed E-state index contributed by atoms with van der Waals surface area (Å²) in [4.78, 5) is 0.0306. The van der Waals surface area contributed by atoms with Crippen molar-refractivity contribution in [3.05, 3.63) is 47.5 Å². The zero-order valence-electron chi connectivity index (χ0n) is 16.5. The van der Waals surface area contributed by atoms with Crippen molar-refractivity contribution in [3.63, 3.8) is 0 Å². The van der Waals surface area contributed by atoms with Gasteiger partial charge in [0.1, 0.15) is 0 Å². The van der Waals surface area contributed by atoms with E-state index >= 15 is 0 Å². The number of nitrogens with one attached hydrogen (secondary N) is 1. The lowest BCUT2D eigenvalue weighted by molar-refractivity contribution is 0.354. The number of methoxy groups -OCH3 is 2. The quantitative estimate of drug-likeness (QED) is 0.708. The highest BCUT2D eigenvalue weighted by molar-refractivity contribution is 7.92. The van der Waals surface area contributed by atoms with Gasteiger partial charge in [0, 0.05) is 24.8 Å². The minimum atomic E-state index is -3.86. The van der Waals surface area contributed by atoms with Gasteiger partial charge in [-0.1, -0.05) is 6.07 Å². The topological polar surface area (TPSA) is 102 Å². The fourth-order valence-corrected chi connectivity index (χ4v) is 5.35. The van der Waals surface area contributed by atoms with Crippen LogP contribution in [0.25, 0.3) is 0 Å². The molecule has 0 bridgehead atoms. The zero-order chi connectivity index (χ0) is 21.2. The fraction of sp³-hybridized carbons (Fsp3) is 0.368. The van der Waals surface area contributed by atoms with E-state index in [-0.39, 0.29) is 17.2 Å². The van der Waals surface area contributed by atoms with Crippen molar-refractivity contribution in [1.29, 1.82) is 0 Å². The van der Waals surface area contributed by atoms with Gasteiger partial charge in [0.15, 0.2) is 11.5 Å². The molecule has 158 valence electrons. The van der Waals surface area contributed by atoms with Crippen LogP contribution in [0.5, 0.6) is 11.5 Å². The number of hydrogen-bond donors (Lipinski definition) is 1. The Morgan fingerprint density at radius 3 is 2.34 bits per heavy atom. The Morgan fingerprint density at radius 2 is 1.69 bits per heavy atom. The van der Waals surface area contributed by atoms with Crippen LogP contribution in [0.2, 0.25) is 0 Å². The van der Waals surface area contributed by atoms with Crippen LogP contribution in [0.4, 0.5) is 5.69 Å². The Hall–Kier alpha value is -2.30. The molecule has 1 aliphatic heterocycles. The Morgan fingerprint density at radius 1 is 0.966 bits per heavy atom. The maximum atomic E-state index is 12.8. The maximum Gasteiger partial charge on any atom is 0.262 e. The summed E-state index contributed by atoms with van der Waals surface area (Å²) in [7, 11) is -4.26. The lowest BCUT2D eigenvalue weighted by Gasteiger charge is -2.28. The lowest BCUT2D eigenvalue weighted by Crippen LogP contribution is -2.36. The molecule has 0 atom stereocenters. The number of hydrogen-bond acceptors (Lipinski definition) is 6. The average molecular weight is 441 g/mol. The van der Waals surface area contributed by atoms with Crippen LogP contribution in [-0.2, 0) is 33.0 Å². The number of nitrogens with zero attached hydrogens (tertiary/aromatic N) is 1. The summed E-state index contributed by atoms with van der Waals surface area (Å²) in [6, 6.07) is 9.53. The van der Waals surface area contributed by atoms with Gasteiger partial charge in [0.2, 0.25) is 10.0 Å². The summed E-state index contributed by atoms with van der Waals surface area (Å²) in [6.45, 7) is 2.27. The Kier molecular flexibility index (Phi) is 6.06. The summed E-state index contributed by atoms with van der Waals surface area (Å²) < 4.78 is 64.2. The number of sulfonamides is 2. The van der Waals surface area contributed by atoms with Crippen LogP contribution in [0.15, 0.2) is 41.3 Å². The third kappa shape index (κ3) is 4.49. The predicted octanol–water partition coefficient (Wildman–Crippen LogP) is 2.21. The normalized spacial score (nSPS) is 14.9. The molecule has 0 spiro atoms. The van der Waals surface area contributed by atoms with Gasteiger partial charge in [0.25, 0.3) is 10.0 Å². The van der Waals surface area contributed by atoms with Gasteiger partial charge in [0.05, 0.1) is 24.9 Å². The second-order valence-electron chi connectivity index (χ2n) is 6.59. The van der Waals surface area contributed by atoms with E-state index in [0.29, 0.717) is 30.2 Å².